The van der Waals surface area contributed by atoms with Crippen LogP contribution in [0.2, 0.25) is 0 Å². The number of halogens is 3. The smallest absolute Gasteiger partial charge is 0.370 e. The Kier molecular flexibility index (Phi) is 6.11. The van der Waals surface area contributed by atoms with E-state index in [4.69, 9.17) is 17.2 Å². The van der Waals surface area contributed by atoms with Crippen molar-refractivity contribution in [2.75, 3.05) is 13.1 Å². The molecule has 4 rings (SSSR count). The van der Waals surface area contributed by atoms with E-state index in [1.54, 1.807) is 4.90 Å². The molecule has 2 aromatic carbocycles. The van der Waals surface area contributed by atoms with Crippen LogP contribution in [0.5, 0.6) is 0 Å². The van der Waals surface area contributed by atoms with Gasteiger partial charge in [-0.25, -0.2) is 0 Å². The minimum Gasteiger partial charge on any atom is -0.370 e. The molecule has 180 valence electrons. The average Bonchev–Trinajstić information content (AvgIpc) is 3.15. The summed E-state index contributed by atoms with van der Waals surface area (Å²) < 4.78 is 41.5. The number of carbonyl (C=O) groups is 2. The number of nitrogens with zero attached hydrogens (tertiary/aromatic N) is 2. The number of alkyl halides is 3. The Labute approximate surface area is 194 Å². The minimum atomic E-state index is -4.66. The third-order valence-corrected chi connectivity index (χ3v) is 6.73. The van der Waals surface area contributed by atoms with Crippen LogP contribution in [0.4, 0.5) is 13.2 Å². The number of piperidine rings is 1. The molecule has 0 spiro atoms. The number of benzene rings is 2. The molecule has 1 unspecified atom stereocenters. The predicted molar refractivity (Wildman–Crippen MR) is 121 cm³/mol. The summed E-state index contributed by atoms with van der Waals surface area (Å²) in [5, 5.41) is 0. The van der Waals surface area contributed by atoms with Gasteiger partial charge in [0.25, 0.3) is 5.91 Å². The average molecular weight is 473 g/mol. The molecule has 1 aliphatic carbocycles. The zero-order chi connectivity index (χ0) is 24.7. The van der Waals surface area contributed by atoms with E-state index in [0.717, 1.165) is 23.6 Å². The fraction of sp³-hybridized carbons (Fsp3) is 0.375. The first-order chi connectivity index (χ1) is 16.0. The number of carbonyl (C=O) groups excluding carboxylic acids is 2. The van der Waals surface area contributed by atoms with Crippen LogP contribution in [-0.2, 0) is 22.9 Å². The maximum Gasteiger partial charge on any atom is 0.416 e. The summed E-state index contributed by atoms with van der Waals surface area (Å²) in [6.45, 7) is 0.604. The molecule has 2 amide bonds. The molecule has 0 saturated carbocycles. The number of aryl methyl sites for hydroxylation is 1. The third-order valence-electron chi connectivity index (χ3n) is 6.73. The van der Waals surface area contributed by atoms with Crippen LogP contribution in [0, 0.1) is 0 Å². The molecule has 6 N–H and O–H groups in total. The number of hydrogen-bond donors (Lipinski definition) is 3. The third kappa shape index (κ3) is 4.37. The van der Waals surface area contributed by atoms with Gasteiger partial charge in [0.05, 0.1) is 5.56 Å². The number of guanidine groups is 1. The normalized spacial score (nSPS) is 20.6. The molecule has 10 heteroatoms. The highest BCUT2D eigenvalue weighted by molar-refractivity contribution is 6.02. The molecule has 1 atom stereocenters. The SMILES string of the molecule is NC(N)=NC(=O)c1ccc(C2CCN(C(=O)C3(N)CCc4ccccc43)CC2)c(C(F)(F)F)c1. The summed E-state index contributed by atoms with van der Waals surface area (Å²) in [5.41, 5.74) is 16.6. The van der Waals surface area contributed by atoms with E-state index >= 15 is 0 Å². The van der Waals surface area contributed by atoms with E-state index in [9.17, 15) is 22.8 Å². The van der Waals surface area contributed by atoms with Crippen LogP contribution in [-0.4, -0.2) is 35.8 Å². The highest BCUT2D eigenvalue weighted by Crippen LogP contribution is 2.41. The van der Waals surface area contributed by atoms with Gasteiger partial charge in [0.2, 0.25) is 5.91 Å². The quantitative estimate of drug-likeness (QED) is 0.466. The molecular formula is C24H26F3N5O2. The molecule has 0 radical (unpaired) electrons. The van der Waals surface area contributed by atoms with Crippen molar-refractivity contribution in [1.82, 2.24) is 4.90 Å². The van der Waals surface area contributed by atoms with E-state index in [0.29, 0.717) is 32.4 Å². The second kappa shape index (κ2) is 8.75. The second-order valence-electron chi connectivity index (χ2n) is 8.84. The van der Waals surface area contributed by atoms with Crippen LogP contribution in [0.15, 0.2) is 47.5 Å². The summed E-state index contributed by atoms with van der Waals surface area (Å²) in [7, 11) is 0. The summed E-state index contributed by atoms with van der Waals surface area (Å²) in [5.74, 6) is -2.08. The lowest BCUT2D eigenvalue weighted by atomic mass is 9.84. The minimum absolute atomic E-state index is 0.0922. The van der Waals surface area contributed by atoms with Crippen molar-refractivity contribution in [1.29, 1.82) is 0 Å². The maximum atomic E-state index is 13.8. The Bertz CT molecular complexity index is 1150. The van der Waals surface area contributed by atoms with Gasteiger partial charge in [0, 0.05) is 18.7 Å². The Hall–Kier alpha value is -3.40. The standard InChI is InChI=1S/C24H26F3N5O2/c25-24(26,27)19-13-16(20(33)31-22(28)29)5-6-17(19)14-8-11-32(12-9-14)21(34)23(30)10-7-15-3-1-2-4-18(15)23/h1-6,13-14H,7-12,30H2,(H4,28,29,31,33). The Morgan fingerprint density at radius 2 is 1.74 bits per heavy atom. The van der Waals surface area contributed by atoms with Gasteiger partial charge in [-0.15, -0.1) is 0 Å². The molecule has 7 nitrogen and oxygen atoms in total. The first-order valence-corrected chi connectivity index (χ1v) is 11.0. The second-order valence-corrected chi connectivity index (χ2v) is 8.84. The van der Waals surface area contributed by atoms with Gasteiger partial charge in [-0.3, -0.25) is 9.59 Å². The van der Waals surface area contributed by atoms with E-state index < -0.39 is 35.1 Å². The topological polar surface area (TPSA) is 128 Å². The fourth-order valence-corrected chi connectivity index (χ4v) is 5.01. The lowest BCUT2D eigenvalue weighted by molar-refractivity contribution is -0.140. The summed E-state index contributed by atoms with van der Waals surface area (Å²) in [6.07, 6.45) is -2.73. The fourth-order valence-electron chi connectivity index (χ4n) is 5.01. The number of fused-ring (bicyclic) bond motifs is 1. The lowest BCUT2D eigenvalue weighted by Gasteiger charge is -2.38. The monoisotopic (exact) mass is 473 g/mol. The Morgan fingerprint density at radius 3 is 2.38 bits per heavy atom. The van der Waals surface area contributed by atoms with Crippen LogP contribution in [0.1, 0.15) is 57.8 Å². The van der Waals surface area contributed by atoms with Gasteiger partial charge in [-0.1, -0.05) is 30.3 Å². The van der Waals surface area contributed by atoms with E-state index in [1.807, 2.05) is 24.3 Å². The van der Waals surface area contributed by atoms with Gasteiger partial charge >= 0.3 is 6.18 Å². The first kappa shape index (κ1) is 23.7. The molecule has 0 bridgehead atoms. The van der Waals surface area contributed by atoms with E-state index in [1.165, 1.54) is 12.1 Å². The highest BCUT2D eigenvalue weighted by Gasteiger charge is 2.45. The predicted octanol–water partition coefficient (Wildman–Crippen LogP) is 2.63. The lowest BCUT2D eigenvalue weighted by Crippen LogP contribution is -2.53. The van der Waals surface area contributed by atoms with Crippen LogP contribution in [0.3, 0.4) is 0 Å². The number of likely N-dealkylation sites (tertiary alicyclic amines) is 1. The van der Waals surface area contributed by atoms with Crippen molar-refractivity contribution in [2.24, 2.45) is 22.2 Å². The largest absolute Gasteiger partial charge is 0.416 e. The van der Waals surface area contributed by atoms with E-state index in [-0.39, 0.29) is 17.0 Å². The van der Waals surface area contributed by atoms with Crippen LogP contribution in [0.25, 0.3) is 0 Å². The van der Waals surface area contributed by atoms with Gasteiger partial charge < -0.3 is 22.1 Å². The molecule has 1 heterocycles. The maximum absolute atomic E-state index is 13.8. The zero-order valence-corrected chi connectivity index (χ0v) is 18.4. The van der Waals surface area contributed by atoms with E-state index in [2.05, 4.69) is 4.99 Å². The molecular weight excluding hydrogens is 447 g/mol. The molecule has 1 aliphatic heterocycles. The Balaban J connectivity index is 1.53. The van der Waals surface area contributed by atoms with Crippen molar-refractivity contribution in [3.05, 3.63) is 70.3 Å². The molecule has 2 aliphatic rings. The van der Waals surface area contributed by atoms with Gasteiger partial charge in [0.1, 0.15) is 5.54 Å². The number of hydrogen-bond acceptors (Lipinski definition) is 3. The van der Waals surface area contributed by atoms with Crippen LogP contribution < -0.4 is 17.2 Å². The molecule has 1 fully saturated rings. The number of amides is 2. The Morgan fingerprint density at radius 1 is 1.06 bits per heavy atom. The van der Waals surface area contributed by atoms with Crippen molar-refractivity contribution < 1.29 is 22.8 Å². The van der Waals surface area contributed by atoms with Gasteiger partial charge in [-0.05, 0) is 60.4 Å². The van der Waals surface area contributed by atoms with Crippen molar-refractivity contribution in [3.8, 4) is 0 Å². The molecule has 34 heavy (non-hydrogen) atoms. The summed E-state index contributed by atoms with van der Waals surface area (Å²) in [6, 6.07) is 11.0. The summed E-state index contributed by atoms with van der Waals surface area (Å²) >= 11 is 0. The molecule has 2 aromatic rings. The highest BCUT2D eigenvalue weighted by atomic mass is 19.4. The number of aliphatic imine (C=N–C) groups is 1. The molecule has 1 saturated heterocycles. The van der Waals surface area contributed by atoms with Gasteiger partial charge in [0.15, 0.2) is 5.96 Å². The first-order valence-electron chi connectivity index (χ1n) is 11.0. The van der Waals surface area contributed by atoms with Crippen molar-refractivity contribution in [2.45, 2.75) is 43.3 Å². The zero-order valence-electron chi connectivity index (χ0n) is 18.4. The van der Waals surface area contributed by atoms with Crippen molar-refractivity contribution >= 4 is 17.8 Å². The van der Waals surface area contributed by atoms with Crippen LogP contribution >= 0.6 is 0 Å². The molecule has 0 aromatic heterocycles. The van der Waals surface area contributed by atoms with Crippen molar-refractivity contribution in [3.63, 3.8) is 0 Å². The van der Waals surface area contributed by atoms with Gasteiger partial charge in [-0.2, -0.15) is 18.2 Å². The summed E-state index contributed by atoms with van der Waals surface area (Å²) in [4.78, 5) is 30.3. The number of rotatable bonds is 3. The number of nitrogens with two attached hydrogens (primary N) is 3.